The van der Waals surface area contributed by atoms with Crippen LogP contribution in [0.1, 0.15) is 19.4 Å². The normalized spacial score (nSPS) is 11.0. The average molecular weight is 295 g/mol. The highest BCUT2D eigenvalue weighted by molar-refractivity contribution is 5.38. The highest BCUT2D eigenvalue weighted by atomic mass is 19.2. The van der Waals surface area contributed by atoms with Crippen molar-refractivity contribution in [3.8, 4) is 11.5 Å². The summed E-state index contributed by atoms with van der Waals surface area (Å²) in [5.74, 6) is -1.75. The minimum absolute atomic E-state index is 0.159. The molecule has 0 saturated carbocycles. The van der Waals surface area contributed by atoms with Gasteiger partial charge in [-0.05, 0) is 30.3 Å². The smallest absolute Gasteiger partial charge is 0.162 e. The number of benzene rings is 2. The summed E-state index contributed by atoms with van der Waals surface area (Å²) in [4.78, 5) is 0. The minimum Gasteiger partial charge on any atom is -0.457 e. The van der Waals surface area contributed by atoms with Crippen molar-refractivity contribution >= 4 is 0 Å². The molecule has 0 aliphatic rings. The van der Waals surface area contributed by atoms with Crippen molar-refractivity contribution in [2.24, 2.45) is 0 Å². The van der Waals surface area contributed by atoms with Crippen LogP contribution < -0.4 is 10.1 Å². The van der Waals surface area contributed by atoms with Crippen LogP contribution >= 0.6 is 0 Å². The zero-order chi connectivity index (χ0) is 15.4. The SMILES string of the molecule is CC(C)NCc1cc(F)ccc1Oc1ccc(F)c(F)c1. The molecule has 0 aliphatic heterocycles. The van der Waals surface area contributed by atoms with E-state index in [1.807, 2.05) is 13.8 Å². The molecule has 1 N–H and O–H groups in total. The number of ether oxygens (including phenoxy) is 1. The lowest BCUT2D eigenvalue weighted by molar-refractivity contribution is 0.451. The van der Waals surface area contributed by atoms with Crippen LogP contribution in [-0.4, -0.2) is 6.04 Å². The molecule has 2 aromatic rings. The first-order valence-corrected chi connectivity index (χ1v) is 6.60. The van der Waals surface area contributed by atoms with Gasteiger partial charge in [0.2, 0.25) is 0 Å². The summed E-state index contributed by atoms with van der Waals surface area (Å²) in [5.41, 5.74) is 0.605. The fourth-order valence-corrected chi connectivity index (χ4v) is 1.77. The van der Waals surface area contributed by atoms with E-state index in [9.17, 15) is 13.2 Å². The quantitative estimate of drug-likeness (QED) is 0.883. The zero-order valence-electron chi connectivity index (χ0n) is 11.8. The second-order valence-electron chi connectivity index (χ2n) is 4.97. The van der Waals surface area contributed by atoms with E-state index in [1.165, 1.54) is 24.3 Å². The minimum atomic E-state index is -0.989. The van der Waals surface area contributed by atoms with Crippen LogP contribution in [0.3, 0.4) is 0 Å². The van der Waals surface area contributed by atoms with Crippen molar-refractivity contribution in [2.45, 2.75) is 26.4 Å². The van der Waals surface area contributed by atoms with Gasteiger partial charge >= 0.3 is 0 Å². The first-order valence-electron chi connectivity index (χ1n) is 6.60. The standard InChI is InChI=1S/C16H16F3NO/c1-10(2)20-9-11-7-12(17)3-6-16(11)21-13-4-5-14(18)15(19)8-13/h3-8,10,20H,9H2,1-2H3. The maximum Gasteiger partial charge on any atom is 0.162 e. The Bertz CT molecular complexity index is 629. The molecule has 21 heavy (non-hydrogen) atoms. The van der Waals surface area contributed by atoms with Gasteiger partial charge in [0.25, 0.3) is 0 Å². The molecular formula is C16H16F3NO. The molecule has 0 atom stereocenters. The predicted molar refractivity (Wildman–Crippen MR) is 74.8 cm³/mol. The number of rotatable bonds is 5. The van der Waals surface area contributed by atoms with Crippen LogP contribution in [-0.2, 0) is 6.54 Å². The number of halogens is 3. The third-order valence-corrected chi connectivity index (χ3v) is 2.84. The lowest BCUT2D eigenvalue weighted by atomic mass is 10.2. The van der Waals surface area contributed by atoms with E-state index in [0.717, 1.165) is 12.1 Å². The highest BCUT2D eigenvalue weighted by Crippen LogP contribution is 2.27. The van der Waals surface area contributed by atoms with Gasteiger partial charge in [0.15, 0.2) is 11.6 Å². The summed E-state index contributed by atoms with van der Waals surface area (Å²) >= 11 is 0. The number of hydrogen-bond acceptors (Lipinski definition) is 2. The molecule has 0 amide bonds. The predicted octanol–water partition coefficient (Wildman–Crippen LogP) is 4.39. The van der Waals surface area contributed by atoms with Crippen molar-refractivity contribution in [1.29, 1.82) is 0 Å². The van der Waals surface area contributed by atoms with Gasteiger partial charge in [-0.2, -0.15) is 0 Å². The van der Waals surface area contributed by atoms with Crippen molar-refractivity contribution < 1.29 is 17.9 Å². The zero-order valence-corrected chi connectivity index (χ0v) is 11.8. The maximum absolute atomic E-state index is 13.3. The van der Waals surface area contributed by atoms with Gasteiger partial charge in [0.1, 0.15) is 17.3 Å². The molecule has 0 aromatic heterocycles. The molecule has 0 radical (unpaired) electrons. The monoisotopic (exact) mass is 295 g/mol. The average Bonchev–Trinajstić information content (AvgIpc) is 2.43. The Morgan fingerprint density at radius 3 is 2.43 bits per heavy atom. The van der Waals surface area contributed by atoms with Gasteiger partial charge in [-0.3, -0.25) is 0 Å². The molecule has 0 saturated heterocycles. The van der Waals surface area contributed by atoms with Gasteiger partial charge in [0, 0.05) is 24.2 Å². The summed E-state index contributed by atoms with van der Waals surface area (Å²) < 4.78 is 44.9. The van der Waals surface area contributed by atoms with E-state index < -0.39 is 11.6 Å². The second kappa shape index (κ2) is 6.63. The fraction of sp³-hybridized carbons (Fsp3) is 0.250. The molecular weight excluding hydrogens is 279 g/mol. The number of nitrogens with one attached hydrogen (secondary N) is 1. The van der Waals surface area contributed by atoms with Crippen molar-refractivity contribution in [3.63, 3.8) is 0 Å². The lowest BCUT2D eigenvalue weighted by Crippen LogP contribution is -2.22. The summed E-state index contributed by atoms with van der Waals surface area (Å²) in [5, 5.41) is 3.15. The third-order valence-electron chi connectivity index (χ3n) is 2.84. The Labute approximate surface area is 121 Å². The number of hydrogen-bond donors (Lipinski definition) is 1. The second-order valence-corrected chi connectivity index (χ2v) is 4.97. The first kappa shape index (κ1) is 15.4. The largest absolute Gasteiger partial charge is 0.457 e. The Hall–Kier alpha value is -2.01. The van der Waals surface area contributed by atoms with Gasteiger partial charge in [-0.15, -0.1) is 0 Å². The Kier molecular flexibility index (Phi) is 4.85. The maximum atomic E-state index is 13.3. The van der Waals surface area contributed by atoms with Crippen molar-refractivity contribution in [3.05, 3.63) is 59.4 Å². The molecule has 0 spiro atoms. The summed E-state index contributed by atoms with van der Waals surface area (Å²) in [6.45, 7) is 4.35. The summed E-state index contributed by atoms with van der Waals surface area (Å²) in [6, 6.07) is 7.57. The Morgan fingerprint density at radius 1 is 1.00 bits per heavy atom. The Morgan fingerprint density at radius 2 is 1.76 bits per heavy atom. The molecule has 2 nitrogen and oxygen atoms in total. The third kappa shape index (κ3) is 4.23. The van der Waals surface area contributed by atoms with Crippen LogP contribution in [0.5, 0.6) is 11.5 Å². The van der Waals surface area contributed by atoms with Crippen LogP contribution in [0.2, 0.25) is 0 Å². The van der Waals surface area contributed by atoms with Crippen molar-refractivity contribution in [1.82, 2.24) is 5.32 Å². The molecule has 2 aromatic carbocycles. The van der Waals surface area contributed by atoms with Crippen LogP contribution in [0.4, 0.5) is 13.2 Å². The van der Waals surface area contributed by atoms with Crippen molar-refractivity contribution in [2.75, 3.05) is 0 Å². The topological polar surface area (TPSA) is 21.3 Å². The van der Waals surface area contributed by atoms with E-state index >= 15 is 0 Å². The Balaban J connectivity index is 2.23. The lowest BCUT2D eigenvalue weighted by Gasteiger charge is -2.14. The van der Waals surface area contributed by atoms with Crippen LogP contribution in [0.15, 0.2) is 36.4 Å². The molecule has 5 heteroatoms. The molecule has 0 bridgehead atoms. The van der Waals surface area contributed by atoms with Crippen LogP contribution in [0.25, 0.3) is 0 Å². The van der Waals surface area contributed by atoms with Crippen LogP contribution in [0, 0.1) is 17.5 Å². The summed E-state index contributed by atoms with van der Waals surface area (Å²) in [7, 11) is 0. The van der Waals surface area contributed by atoms with Gasteiger partial charge in [0.05, 0.1) is 0 Å². The molecule has 0 aliphatic carbocycles. The summed E-state index contributed by atoms with van der Waals surface area (Å²) in [6.07, 6.45) is 0. The van der Waals surface area contributed by atoms with E-state index in [1.54, 1.807) is 0 Å². The fourth-order valence-electron chi connectivity index (χ4n) is 1.77. The molecule has 0 heterocycles. The van der Waals surface area contributed by atoms with Gasteiger partial charge in [-0.1, -0.05) is 13.8 Å². The molecule has 2 rings (SSSR count). The molecule has 0 unspecified atom stereocenters. The van der Waals surface area contributed by atoms with E-state index in [0.29, 0.717) is 17.9 Å². The first-order chi connectivity index (χ1) is 9.95. The molecule has 0 fully saturated rings. The van der Waals surface area contributed by atoms with Gasteiger partial charge in [-0.25, -0.2) is 13.2 Å². The highest BCUT2D eigenvalue weighted by Gasteiger charge is 2.09. The van der Waals surface area contributed by atoms with E-state index in [-0.39, 0.29) is 17.6 Å². The molecule has 112 valence electrons. The van der Waals surface area contributed by atoms with Gasteiger partial charge < -0.3 is 10.1 Å². The van der Waals surface area contributed by atoms with E-state index in [2.05, 4.69) is 5.32 Å². The van der Waals surface area contributed by atoms with E-state index in [4.69, 9.17) is 4.74 Å².